The van der Waals surface area contributed by atoms with Crippen molar-refractivity contribution in [2.75, 3.05) is 11.9 Å². The summed E-state index contributed by atoms with van der Waals surface area (Å²) in [7, 11) is 0. The van der Waals surface area contributed by atoms with E-state index >= 15 is 0 Å². The average molecular weight is 276 g/mol. The van der Waals surface area contributed by atoms with Crippen molar-refractivity contribution >= 4 is 11.4 Å². The first-order valence-electron chi connectivity index (χ1n) is 6.32. The molecule has 2 aromatic rings. The molecule has 0 saturated carbocycles. The number of benzene rings is 1. The van der Waals surface area contributed by atoms with Crippen molar-refractivity contribution in [3.63, 3.8) is 0 Å². The van der Waals surface area contributed by atoms with Crippen molar-refractivity contribution in [3.8, 4) is 0 Å². The van der Waals surface area contributed by atoms with Crippen LogP contribution in [0.5, 0.6) is 0 Å². The van der Waals surface area contributed by atoms with Crippen molar-refractivity contribution in [3.05, 3.63) is 58.0 Å². The third-order valence-corrected chi connectivity index (χ3v) is 2.72. The molecule has 20 heavy (non-hydrogen) atoms. The van der Waals surface area contributed by atoms with Gasteiger partial charge in [0.1, 0.15) is 18.1 Å². The fraction of sp³-hybridized carbons (Fsp3) is 0.286. The van der Waals surface area contributed by atoms with Crippen LogP contribution in [-0.4, -0.2) is 11.5 Å². The molecule has 0 radical (unpaired) electrons. The molecule has 1 heterocycles. The van der Waals surface area contributed by atoms with E-state index in [9.17, 15) is 10.1 Å². The van der Waals surface area contributed by atoms with Crippen molar-refractivity contribution in [1.82, 2.24) is 0 Å². The number of nitrogens with zero attached hydrogens (tertiary/aromatic N) is 1. The first kappa shape index (κ1) is 14.1. The number of rotatable bonds is 7. The van der Waals surface area contributed by atoms with Gasteiger partial charge < -0.3 is 14.5 Å². The van der Waals surface area contributed by atoms with Gasteiger partial charge in [0.05, 0.1) is 17.8 Å². The molecule has 0 amide bonds. The Morgan fingerprint density at radius 3 is 2.85 bits per heavy atom. The van der Waals surface area contributed by atoms with Crippen LogP contribution in [0, 0.1) is 10.1 Å². The smallest absolute Gasteiger partial charge is 0.292 e. The fourth-order valence-corrected chi connectivity index (χ4v) is 1.82. The van der Waals surface area contributed by atoms with Gasteiger partial charge in [-0.1, -0.05) is 6.07 Å². The SMILES string of the molecule is CCNc1ccc(COCc2ccco2)cc1[N+](=O)[O-]. The minimum Gasteiger partial charge on any atom is -0.467 e. The van der Waals surface area contributed by atoms with Gasteiger partial charge in [-0.25, -0.2) is 0 Å². The van der Waals surface area contributed by atoms with E-state index in [-0.39, 0.29) is 5.69 Å². The zero-order valence-corrected chi connectivity index (χ0v) is 11.2. The molecule has 0 aliphatic carbocycles. The molecule has 0 bridgehead atoms. The topological polar surface area (TPSA) is 77.5 Å². The summed E-state index contributed by atoms with van der Waals surface area (Å²) < 4.78 is 10.6. The summed E-state index contributed by atoms with van der Waals surface area (Å²) in [5, 5.41) is 14.0. The van der Waals surface area contributed by atoms with E-state index in [4.69, 9.17) is 9.15 Å². The zero-order chi connectivity index (χ0) is 14.4. The molecule has 1 N–H and O–H groups in total. The average Bonchev–Trinajstić information content (AvgIpc) is 2.93. The highest BCUT2D eigenvalue weighted by Crippen LogP contribution is 2.25. The quantitative estimate of drug-likeness (QED) is 0.620. The molecule has 0 aliphatic heterocycles. The van der Waals surface area contributed by atoms with Gasteiger partial charge in [0, 0.05) is 12.6 Å². The maximum atomic E-state index is 11.0. The Balaban J connectivity index is 2.01. The van der Waals surface area contributed by atoms with Crippen molar-refractivity contribution < 1.29 is 14.1 Å². The molecule has 0 fully saturated rings. The molecular formula is C14H16N2O4. The maximum Gasteiger partial charge on any atom is 0.292 e. The highest BCUT2D eigenvalue weighted by molar-refractivity contribution is 5.62. The zero-order valence-electron chi connectivity index (χ0n) is 11.2. The Morgan fingerprint density at radius 1 is 1.35 bits per heavy atom. The van der Waals surface area contributed by atoms with E-state index in [1.54, 1.807) is 18.4 Å². The molecule has 6 heteroatoms. The molecule has 0 spiro atoms. The van der Waals surface area contributed by atoms with Crippen LogP contribution in [0.15, 0.2) is 41.0 Å². The molecule has 0 atom stereocenters. The second-order valence-electron chi connectivity index (χ2n) is 4.21. The molecule has 106 valence electrons. The van der Waals surface area contributed by atoms with Crippen LogP contribution in [0.25, 0.3) is 0 Å². The minimum absolute atomic E-state index is 0.0611. The summed E-state index contributed by atoms with van der Waals surface area (Å²) in [6.07, 6.45) is 1.58. The molecule has 0 saturated heterocycles. The summed E-state index contributed by atoms with van der Waals surface area (Å²) in [6, 6.07) is 8.64. The molecule has 1 aromatic carbocycles. The Labute approximate surface area is 116 Å². The van der Waals surface area contributed by atoms with Crippen LogP contribution in [0.1, 0.15) is 18.2 Å². The van der Waals surface area contributed by atoms with Crippen molar-refractivity contribution in [2.24, 2.45) is 0 Å². The first-order valence-corrected chi connectivity index (χ1v) is 6.32. The van der Waals surface area contributed by atoms with Gasteiger partial charge in [0.25, 0.3) is 5.69 Å². The molecule has 1 aromatic heterocycles. The lowest BCUT2D eigenvalue weighted by molar-refractivity contribution is -0.384. The largest absolute Gasteiger partial charge is 0.467 e. The molecule has 0 unspecified atom stereocenters. The number of hydrogen-bond donors (Lipinski definition) is 1. The van der Waals surface area contributed by atoms with E-state index in [1.165, 1.54) is 6.07 Å². The Kier molecular flexibility index (Phi) is 4.73. The number of hydrogen-bond acceptors (Lipinski definition) is 5. The number of nitro groups is 1. The van der Waals surface area contributed by atoms with Crippen LogP contribution in [-0.2, 0) is 18.0 Å². The summed E-state index contributed by atoms with van der Waals surface area (Å²) in [6.45, 7) is 3.17. The van der Waals surface area contributed by atoms with Gasteiger partial charge in [0.15, 0.2) is 0 Å². The summed E-state index contributed by atoms with van der Waals surface area (Å²) in [4.78, 5) is 10.6. The Morgan fingerprint density at radius 2 is 2.20 bits per heavy atom. The lowest BCUT2D eigenvalue weighted by Gasteiger charge is -2.07. The van der Waals surface area contributed by atoms with Gasteiger partial charge in [-0.2, -0.15) is 0 Å². The van der Waals surface area contributed by atoms with Crippen LogP contribution in [0.4, 0.5) is 11.4 Å². The summed E-state index contributed by atoms with van der Waals surface area (Å²) in [5.74, 6) is 0.726. The number of ether oxygens (including phenoxy) is 1. The third kappa shape index (κ3) is 3.58. The van der Waals surface area contributed by atoms with Crippen LogP contribution >= 0.6 is 0 Å². The van der Waals surface area contributed by atoms with E-state index in [2.05, 4.69) is 5.32 Å². The van der Waals surface area contributed by atoms with E-state index in [1.807, 2.05) is 19.1 Å². The second kappa shape index (κ2) is 6.72. The fourth-order valence-electron chi connectivity index (χ4n) is 1.82. The first-order chi connectivity index (χ1) is 9.70. The van der Waals surface area contributed by atoms with Gasteiger partial charge in [0.2, 0.25) is 0 Å². The van der Waals surface area contributed by atoms with Gasteiger partial charge in [-0.3, -0.25) is 10.1 Å². The minimum atomic E-state index is -0.395. The van der Waals surface area contributed by atoms with Crippen molar-refractivity contribution in [1.29, 1.82) is 0 Å². The second-order valence-corrected chi connectivity index (χ2v) is 4.21. The van der Waals surface area contributed by atoms with Crippen molar-refractivity contribution in [2.45, 2.75) is 20.1 Å². The molecule has 2 rings (SSSR count). The van der Waals surface area contributed by atoms with Crippen LogP contribution in [0.2, 0.25) is 0 Å². The van der Waals surface area contributed by atoms with Gasteiger partial charge >= 0.3 is 0 Å². The summed E-state index contributed by atoms with van der Waals surface area (Å²) in [5.41, 5.74) is 1.34. The maximum absolute atomic E-state index is 11.0. The van der Waals surface area contributed by atoms with Crippen LogP contribution in [0.3, 0.4) is 0 Å². The third-order valence-electron chi connectivity index (χ3n) is 2.72. The summed E-state index contributed by atoms with van der Waals surface area (Å²) >= 11 is 0. The number of furan rings is 1. The highest BCUT2D eigenvalue weighted by Gasteiger charge is 2.13. The Hall–Kier alpha value is -2.34. The van der Waals surface area contributed by atoms with Gasteiger partial charge in [-0.05, 0) is 30.7 Å². The highest BCUT2D eigenvalue weighted by atomic mass is 16.6. The Bertz CT molecular complexity index is 567. The number of nitro benzene ring substituents is 1. The van der Waals surface area contributed by atoms with Crippen LogP contribution < -0.4 is 5.32 Å². The monoisotopic (exact) mass is 276 g/mol. The van der Waals surface area contributed by atoms with E-state index < -0.39 is 4.92 Å². The van der Waals surface area contributed by atoms with E-state index in [0.29, 0.717) is 25.4 Å². The van der Waals surface area contributed by atoms with Gasteiger partial charge in [-0.15, -0.1) is 0 Å². The normalized spacial score (nSPS) is 10.4. The molecule has 0 aliphatic rings. The van der Waals surface area contributed by atoms with E-state index in [0.717, 1.165) is 11.3 Å². The molecule has 6 nitrogen and oxygen atoms in total. The predicted octanol–water partition coefficient (Wildman–Crippen LogP) is 3.34. The standard InChI is InChI=1S/C14H16N2O4/c1-2-15-13-6-5-11(8-14(13)16(17)18)9-19-10-12-4-3-7-20-12/h3-8,15H,2,9-10H2,1H3. The lowest BCUT2D eigenvalue weighted by atomic mass is 10.2. The molecular weight excluding hydrogens is 260 g/mol. The number of anilines is 1. The lowest BCUT2D eigenvalue weighted by Crippen LogP contribution is -2.02. The predicted molar refractivity (Wildman–Crippen MR) is 74.5 cm³/mol. The number of nitrogens with one attached hydrogen (secondary N) is 1.